The van der Waals surface area contributed by atoms with Crippen LogP contribution in [0.15, 0.2) is 42.7 Å². The number of rotatable bonds is 2. The van der Waals surface area contributed by atoms with Crippen LogP contribution in [0.2, 0.25) is 0 Å². The van der Waals surface area contributed by atoms with E-state index in [1.54, 1.807) is 18.3 Å². The Morgan fingerprint density at radius 2 is 2.12 bits per heavy atom. The molecule has 0 saturated heterocycles. The van der Waals surface area contributed by atoms with Gasteiger partial charge in [0.1, 0.15) is 5.82 Å². The molecule has 2 aromatic rings. The maximum Gasteiger partial charge on any atom is 0.196 e. The quantitative estimate of drug-likeness (QED) is 0.617. The summed E-state index contributed by atoms with van der Waals surface area (Å²) in [7, 11) is 0. The predicted molar refractivity (Wildman–Crippen MR) is 58.5 cm³/mol. The van der Waals surface area contributed by atoms with Crippen LogP contribution in [0.4, 0.5) is 10.1 Å². The van der Waals surface area contributed by atoms with Crippen LogP contribution >= 0.6 is 0 Å². The lowest BCUT2D eigenvalue weighted by atomic mass is 10.0. The number of hydrogen-bond donors (Lipinski definition) is 1. The third kappa shape index (κ3) is 1.91. The minimum Gasteiger partial charge on any atom is -0.398 e. The summed E-state index contributed by atoms with van der Waals surface area (Å²) in [5.74, 6) is -0.813. The van der Waals surface area contributed by atoms with Gasteiger partial charge in [-0.05, 0) is 30.3 Å². The van der Waals surface area contributed by atoms with Crippen molar-refractivity contribution in [1.82, 2.24) is 4.98 Å². The Balaban J connectivity index is 2.46. The molecular formula is C12H9FN2O. The molecule has 2 rings (SSSR count). The van der Waals surface area contributed by atoms with E-state index in [1.807, 2.05) is 0 Å². The van der Waals surface area contributed by atoms with Crippen LogP contribution in [-0.2, 0) is 0 Å². The molecule has 16 heavy (non-hydrogen) atoms. The number of nitrogen functional groups attached to an aromatic ring is 1. The van der Waals surface area contributed by atoms with Gasteiger partial charge in [-0.2, -0.15) is 0 Å². The first kappa shape index (κ1) is 10.3. The normalized spacial score (nSPS) is 10.1. The maximum atomic E-state index is 13.0. The fraction of sp³-hybridized carbons (Fsp3) is 0. The standard InChI is InChI=1S/C12H9FN2O/c13-9-3-4-11(14)10(6-9)12(16)8-2-1-5-15-7-8/h1-7H,14H2. The van der Waals surface area contributed by atoms with Crippen molar-refractivity contribution in [2.24, 2.45) is 0 Å². The largest absolute Gasteiger partial charge is 0.398 e. The number of aromatic nitrogens is 1. The number of halogens is 1. The minimum absolute atomic E-state index is 0.160. The van der Waals surface area contributed by atoms with Crippen LogP contribution < -0.4 is 5.73 Å². The SMILES string of the molecule is Nc1ccc(F)cc1C(=O)c1cccnc1. The Bertz CT molecular complexity index is 526. The summed E-state index contributed by atoms with van der Waals surface area (Å²) in [5.41, 5.74) is 6.43. The Labute approximate surface area is 91.7 Å². The van der Waals surface area contributed by atoms with E-state index in [9.17, 15) is 9.18 Å². The number of carbonyl (C=O) groups is 1. The van der Waals surface area contributed by atoms with E-state index < -0.39 is 5.82 Å². The van der Waals surface area contributed by atoms with Gasteiger partial charge in [0, 0.05) is 29.2 Å². The van der Waals surface area contributed by atoms with Gasteiger partial charge in [0.2, 0.25) is 0 Å². The molecule has 1 heterocycles. The highest BCUT2D eigenvalue weighted by Crippen LogP contribution is 2.17. The maximum absolute atomic E-state index is 13.0. The van der Waals surface area contributed by atoms with E-state index in [4.69, 9.17) is 5.73 Å². The molecule has 0 saturated carbocycles. The molecule has 0 fully saturated rings. The lowest BCUT2D eigenvalue weighted by Crippen LogP contribution is -2.06. The van der Waals surface area contributed by atoms with Crippen molar-refractivity contribution in [3.63, 3.8) is 0 Å². The van der Waals surface area contributed by atoms with E-state index in [0.29, 0.717) is 5.56 Å². The molecule has 1 aromatic carbocycles. The van der Waals surface area contributed by atoms with Crippen LogP contribution in [0.3, 0.4) is 0 Å². The molecule has 0 aliphatic carbocycles. The Morgan fingerprint density at radius 1 is 1.31 bits per heavy atom. The van der Waals surface area contributed by atoms with Gasteiger partial charge in [-0.15, -0.1) is 0 Å². The summed E-state index contributed by atoms with van der Waals surface area (Å²) in [6.07, 6.45) is 2.98. The molecule has 1 aromatic heterocycles. The van der Waals surface area contributed by atoms with Gasteiger partial charge < -0.3 is 5.73 Å². The van der Waals surface area contributed by atoms with Crippen molar-refractivity contribution < 1.29 is 9.18 Å². The van der Waals surface area contributed by atoms with Crippen molar-refractivity contribution in [2.75, 3.05) is 5.73 Å². The lowest BCUT2D eigenvalue weighted by molar-refractivity contribution is 0.103. The third-order valence-electron chi connectivity index (χ3n) is 2.18. The monoisotopic (exact) mass is 216 g/mol. The number of anilines is 1. The molecule has 0 amide bonds. The summed E-state index contributed by atoms with van der Waals surface area (Å²) in [6.45, 7) is 0. The minimum atomic E-state index is -0.485. The smallest absolute Gasteiger partial charge is 0.196 e. The first-order valence-corrected chi connectivity index (χ1v) is 4.68. The second-order valence-corrected chi connectivity index (χ2v) is 3.30. The van der Waals surface area contributed by atoms with Gasteiger partial charge in [-0.3, -0.25) is 9.78 Å². The summed E-state index contributed by atoms with van der Waals surface area (Å²) < 4.78 is 13.0. The van der Waals surface area contributed by atoms with E-state index in [-0.39, 0.29) is 17.0 Å². The number of carbonyl (C=O) groups excluding carboxylic acids is 1. The van der Waals surface area contributed by atoms with E-state index >= 15 is 0 Å². The predicted octanol–water partition coefficient (Wildman–Crippen LogP) is 2.03. The first-order chi connectivity index (χ1) is 7.68. The van der Waals surface area contributed by atoms with Gasteiger partial charge in [0.05, 0.1) is 0 Å². The van der Waals surface area contributed by atoms with Crippen molar-refractivity contribution in [2.45, 2.75) is 0 Å². The molecule has 0 unspecified atom stereocenters. The molecule has 80 valence electrons. The molecule has 0 bridgehead atoms. The van der Waals surface area contributed by atoms with Crippen molar-refractivity contribution in [3.8, 4) is 0 Å². The highest BCUT2D eigenvalue weighted by molar-refractivity contribution is 6.11. The number of nitrogens with zero attached hydrogens (tertiary/aromatic N) is 1. The number of nitrogens with two attached hydrogens (primary N) is 1. The van der Waals surface area contributed by atoms with Crippen LogP contribution in [0.1, 0.15) is 15.9 Å². The Kier molecular flexibility index (Phi) is 2.64. The third-order valence-corrected chi connectivity index (χ3v) is 2.18. The van der Waals surface area contributed by atoms with Crippen LogP contribution in [-0.4, -0.2) is 10.8 Å². The number of pyridine rings is 1. The fourth-order valence-corrected chi connectivity index (χ4v) is 1.38. The van der Waals surface area contributed by atoms with Crippen LogP contribution in [0.25, 0.3) is 0 Å². The number of ketones is 1. The number of benzene rings is 1. The second-order valence-electron chi connectivity index (χ2n) is 3.30. The Hall–Kier alpha value is -2.23. The van der Waals surface area contributed by atoms with Crippen molar-refractivity contribution >= 4 is 11.5 Å². The summed E-state index contributed by atoms with van der Waals surface area (Å²) in [4.78, 5) is 15.8. The van der Waals surface area contributed by atoms with Gasteiger partial charge in [0.15, 0.2) is 5.78 Å². The molecule has 0 spiro atoms. The molecule has 0 radical (unpaired) electrons. The highest BCUT2D eigenvalue weighted by atomic mass is 19.1. The molecule has 0 aliphatic rings. The van der Waals surface area contributed by atoms with E-state index in [1.165, 1.54) is 18.3 Å². The zero-order chi connectivity index (χ0) is 11.5. The van der Waals surface area contributed by atoms with Crippen molar-refractivity contribution in [1.29, 1.82) is 0 Å². The highest BCUT2D eigenvalue weighted by Gasteiger charge is 2.12. The fourth-order valence-electron chi connectivity index (χ4n) is 1.38. The summed E-state index contributed by atoms with van der Waals surface area (Å²) in [6, 6.07) is 6.97. The second kappa shape index (κ2) is 4.10. The average molecular weight is 216 g/mol. The first-order valence-electron chi connectivity index (χ1n) is 4.68. The molecule has 0 atom stereocenters. The topological polar surface area (TPSA) is 56.0 Å². The molecule has 3 nitrogen and oxygen atoms in total. The zero-order valence-electron chi connectivity index (χ0n) is 8.35. The molecule has 0 aliphatic heterocycles. The van der Waals surface area contributed by atoms with Gasteiger partial charge in [-0.25, -0.2) is 4.39 Å². The summed E-state index contributed by atoms with van der Waals surface area (Å²) in [5, 5.41) is 0. The van der Waals surface area contributed by atoms with E-state index in [0.717, 1.165) is 6.07 Å². The lowest BCUT2D eigenvalue weighted by Gasteiger charge is -2.04. The van der Waals surface area contributed by atoms with Crippen LogP contribution in [0.5, 0.6) is 0 Å². The van der Waals surface area contributed by atoms with Gasteiger partial charge in [-0.1, -0.05) is 0 Å². The Morgan fingerprint density at radius 3 is 2.81 bits per heavy atom. The number of hydrogen-bond acceptors (Lipinski definition) is 3. The summed E-state index contributed by atoms with van der Waals surface area (Å²) >= 11 is 0. The average Bonchev–Trinajstić information content (AvgIpc) is 2.32. The zero-order valence-corrected chi connectivity index (χ0v) is 8.35. The molecule has 4 heteroatoms. The van der Waals surface area contributed by atoms with Gasteiger partial charge in [0.25, 0.3) is 0 Å². The van der Waals surface area contributed by atoms with E-state index in [2.05, 4.69) is 4.98 Å². The van der Waals surface area contributed by atoms with Gasteiger partial charge >= 0.3 is 0 Å². The molecular weight excluding hydrogens is 207 g/mol. The van der Waals surface area contributed by atoms with Crippen molar-refractivity contribution in [3.05, 3.63) is 59.7 Å². The molecule has 2 N–H and O–H groups in total. The van der Waals surface area contributed by atoms with Crippen LogP contribution in [0, 0.1) is 5.82 Å².